The molecule has 0 unspecified atom stereocenters. The number of rotatable bonds is 3. The smallest absolute Gasteiger partial charge is 0.106 e. The van der Waals surface area contributed by atoms with E-state index in [9.17, 15) is 0 Å². The number of aromatic nitrogens is 2. The van der Waals surface area contributed by atoms with Crippen LogP contribution in [-0.2, 0) is 13.0 Å². The van der Waals surface area contributed by atoms with E-state index < -0.39 is 0 Å². The summed E-state index contributed by atoms with van der Waals surface area (Å²) in [5.41, 5.74) is 3.84. The molecule has 0 spiro atoms. The molecule has 0 radical (unpaired) electrons. The molecule has 0 saturated carbocycles. The molecule has 0 atom stereocenters. The average molecular weight is 214 g/mol. The highest BCUT2D eigenvalue weighted by Gasteiger charge is 2.10. The Hall–Kier alpha value is -1.57. The summed E-state index contributed by atoms with van der Waals surface area (Å²) in [4.78, 5) is 4.54. The zero-order chi connectivity index (χ0) is 11.5. The van der Waals surface area contributed by atoms with Crippen molar-refractivity contribution >= 4 is 0 Å². The van der Waals surface area contributed by atoms with Crippen molar-refractivity contribution in [2.24, 2.45) is 0 Å². The van der Waals surface area contributed by atoms with Gasteiger partial charge in [-0.05, 0) is 26.3 Å². The lowest BCUT2D eigenvalue weighted by Gasteiger charge is -2.08. The third kappa shape index (κ3) is 2.01. The first-order chi connectivity index (χ1) is 7.72. The summed E-state index contributed by atoms with van der Waals surface area (Å²) in [5, 5.41) is 0. The van der Waals surface area contributed by atoms with Crippen molar-refractivity contribution in [1.82, 2.24) is 9.55 Å². The van der Waals surface area contributed by atoms with Gasteiger partial charge in [-0.1, -0.05) is 30.3 Å². The van der Waals surface area contributed by atoms with Gasteiger partial charge in [0.15, 0.2) is 0 Å². The second kappa shape index (κ2) is 4.52. The Morgan fingerprint density at radius 1 is 1.12 bits per heavy atom. The molecule has 1 heterocycles. The first-order valence-corrected chi connectivity index (χ1v) is 5.79. The predicted octanol–water partition coefficient (Wildman–Crippen LogP) is 3.11. The minimum Gasteiger partial charge on any atom is -0.332 e. The largest absolute Gasteiger partial charge is 0.332 e. The van der Waals surface area contributed by atoms with E-state index in [0.29, 0.717) is 0 Å². The van der Waals surface area contributed by atoms with E-state index in [2.05, 4.69) is 60.7 Å². The average Bonchev–Trinajstić information content (AvgIpc) is 2.55. The van der Waals surface area contributed by atoms with E-state index in [4.69, 9.17) is 0 Å². The molecule has 2 rings (SSSR count). The SMILES string of the molecule is CCn1c(C)nc(C)c1Cc1ccccc1. The zero-order valence-corrected chi connectivity index (χ0v) is 10.2. The van der Waals surface area contributed by atoms with Gasteiger partial charge >= 0.3 is 0 Å². The van der Waals surface area contributed by atoms with Crippen molar-refractivity contribution in [2.45, 2.75) is 33.7 Å². The molecule has 0 aliphatic heterocycles. The zero-order valence-electron chi connectivity index (χ0n) is 10.2. The minimum absolute atomic E-state index is 0.974. The Bertz CT molecular complexity index is 469. The molecule has 0 fully saturated rings. The van der Waals surface area contributed by atoms with Gasteiger partial charge in [0, 0.05) is 18.7 Å². The number of aryl methyl sites for hydroxylation is 2. The van der Waals surface area contributed by atoms with Crippen molar-refractivity contribution in [3.8, 4) is 0 Å². The van der Waals surface area contributed by atoms with Crippen molar-refractivity contribution in [2.75, 3.05) is 0 Å². The van der Waals surface area contributed by atoms with E-state index in [1.807, 2.05) is 0 Å². The van der Waals surface area contributed by atoms with Gasteiger partial charge in [-0.2, -0.15) is 0 Å². The Kier molecular flexibility index (Phi) is 3.09. The number of nitrogens with zero attached hydrogens (tertiary/aromatic N) is 2. The molecule has 0 aliphatic rings. The summed E-state index contributed by atoms with van der Waals surface area (Å²) in [6.07, 6.45) is 0.974. The minimum atomic E-state index is 0.974. The van der Waals surface area contributed by atoms with Crippen LogP contribution in [0, 0.1) is 13.8 Å². The van der Waals surface area contributed by atoms with Crippen molar-refractivity contribution < 1.29 is 0 Å². The van der Waals surface area contributed by atoms with Crippen molar-refractivity contribution in [3.63, 3.8) is 0 Å². The van der Waals surface area contributed by atoms with Crippen LogP contribution in [0.25, 0.3) is 0 Å². The van der Waals surface area contributed by atoms with Gasteiger partial charge in [0.05, 0.1) is 5.69 Å². The van der Waals surface area contributed by atoms with E-state index in [1.165, 1.54) is 11.3 Å². The van der Waals surface area contributed by atoms with Crippen LogP contribution in [0.4, 0.5) is 0 Å². The highest BCUT2D eigenvalue weighted by Crippen LogP contribution is 2.15. The van der Waals surface area contributed by atoms with Crippen LogP contribution in [0.5, 0.6) is 0 Å². The molecular formula is C14H18N2. The second-order valence-electron chi connectivity index (χ2n) is 4.10. The Balaban J connectivity index is 2.34. The van der Waals surface area contributed by atoms with Gasteiger partial charge in [0.1, 0.15) is 5.82 Å². The van der Waals surface area contributed by atoms with Crippen LogP contribution in [0.1, 0.15) is 29.7 Å². The lowest BCUT2D eigenvalue weighted by atomic mass is 10.1. The Labute approximate surface area is 97.0 Å². The van der Waals surface area contributed by atoms with Crippen LogP contribution in [-0.4, -0.2) is 9.55 Å². The third-order valence-corrected chi connectivity index (χ3v) is 2.99. The van der Waals surface area contributed by atoms with Gasteiger partial charge < -0.3 is 4.57 Å². The molecule has 0 amide bonds. The number of hydrogen-bond acceptors (Lipinski definition) is 1. The summed E-state index contributed by atoms with van der Waals surface area (Å²) < 4.78 is 2.29. The molecule has 0 aliphatic carbocycles. The van der Waals surface area contributed by atoms with Gasteiger partial charge in [-0.3, -0.25) is 0 Å². The monoisotopic (exact) mass is 214 g/mol. The fourth-order valence-corrected chi connectivity index (χ4v) is 2.19. The van der Waals surface area contributed by atoms with E-state index in [-0.39, 0.29) is 0 Å². The van der Waals surface area contributed by atoms with Crippen LogP contribution < -0.4 is 0 Å². The standard InChI is InChI=1S/C14H18N2/c1-4-16-12(3)15-11(2)14(16)10-13-8-6-5-7-9-13/h5-9H,4,10H2,1-3H3. The first-order valence-electron chi connectivity index (χ1n) is 5.79. The normalized spacial score (nSPS) is 10.7. The molecule has 84 valence electrons. The molecule has 0 N–H and O–H groups in total. The Morgan fingerprint density at radius 2 is 1.81 bits per heavy atom. The molecular weight excluding hydrogens is 196 g/mol. The Morgan fingerprint density at radius 3 is 2.44 bits per heavy atom. The lowest BCUT2D eigenvalue weighted by Crippen LogP contribution is -2.04. The van der Waals surface area contributed by atoms with E-state index in [1.54, 1.807) is 0 Å². The number of benzene rings is 1. The molecule has 1 aromatic carbocycles. The summed E-state index contributed by atoms with van der Waals surface area (Å²) >= 11 is 0. The molecule has 2 nitrogen and oxygen atoms in total. The molecule has 2 heteroatoms. The molecule has 2 aromatic rings. The summed E-state index contributed by atoms with van der Waals surface area (Å²) in [7, 11) is 0. The van der Waals surface area contributed by atoms with Crippen molar-refractivity contribution in [3.05, 3.63) is 53.1 Å². The first kappa shape index (κ1) is 10.9. The molecule has 16 heavy (non-hydrogen) atoms. The predicted molar refractivity (Wildman–Crippen MR) is 66.6 cm³/mol. The van der Waals surface area contributed by atoms with Crippen LogP contribution >= 0.6 is 0 Å². The van der Waals surface area contributed by atoms with Gasteiger partial charge in [-0.15, -0.1) is 0 Å². The third-order valence-electron chi connectivity index (χ3n) is 2.99. The van der Waals surface area contributed by atoms with Crippen molar-refractivity contribution in [1.29, 1.82) is 0 Å². The molecule has 0 bridgehead atoms. The maximum absolute atomic E-state index is 4.54. The fraction of sp³-hybridized carbons (Fsp3) is 0.357. The van der Waals surface area contributed by atoms with Gasteiger partial charge in [0.2, 0.25) is 0 Å². The summed E-state index contributed by atoms with van der Waals surface area (Å²) in [5.74, 6) is 1.12. The van der Waals surface area contributed by atoms with E-state index >= 15 is 0 Å². The van der Waals surface area contributed by atoms with Gasteiger partial charge in [-0.25, -0.2) is 4.98 Å². The lowest BCUT2D eigenvalue weighted by molar-refractivity contribution is 0.696. The van der Waals surface area contributed by atoms with Crippen LogP contribution in [0.2, 0.25) is 0 Å². The van der Waals surface area contributed by atoms with Crippen LogP contribution in [0.15, 0.2) is 30.3 Å². The topological polar surface area (TPSA) is 17.8 Å². The summed E-state index contributed by atoms with van der Waals surface area (Å²) in [6, 6.07) is 10.6. The maximum Gasteiger partial charge on any atom is 0.106 e. The highest BCUT2D eigenvalue weighted by molar-refractivity contribution is 5.25. The molecule has 0 saturated heterocycles. The quantitative estimate of drug-likeness (QED) is 0.767. The van der Waals surface area contributed by atoms with E-state index in [0.717, 1.165) is 24.5 Å². The molecule has 1 aromatic heterocycles. The maximum atomic E-state index is 4.54. The van der Waals surface area contributed by atoms with Crippen LogP contribution in [0.3, 0.4) is 0 Å². The second-order valence-corrected chi connectivity index (χ2v) is 4.10. The highest BCUT2D eigenvalue weighted by atomic mass is 15.1. The number of imidazole rings is 1. The fourth-order valence-electron chi connectivity index (χ4n) is 2.19. The van der Waals surface area contributed by atoms with Gasteiger partial charge in [0.25, 0.3) is 0 Å². The summed E-state index contributed by atoms with van der Waals surface area (Å²) in [6.45, 7) is 7.33. The number of hydrogen-bond donors (Lipinski definition) is 0.